The third-order valence-electron chi connectivity index (χ3n) is 4.91. The summed E-state index contributed by atoms with van der Waals surface area (Å²) in [6.45, 7) is 7.23. The van der Waals surface area contributed by atoms with Gasteiger partial charge in [0.1, 0.15) is 6.04 Å². The predicted octanol–water partition coefficient (Wildman–Crippen LogP) is 3.29. The van der Waals surface area contributed by atoms with Crippen molar-refractivity contribution in [2.24, 2.45) is 5.92 Å². The zero-order chi connectivity index (χ0) is 20.2. The third kappa shape index (κ3) is 4.32. The molecule has 0 aliphatic carbocycles. The van der Waals surface area contributed by atoms with Crippen molar-refractivity contribution >= 4 is 11.6 Å². The zero-order valence-electron chi connectivity index (χ0n) is 16.5. The number of benzene rings is 1. The molecule has 3 aromatic rings. The normalized spacial score (nSPS) is 15.5. The Kier molecular flexibility index (Phi) is 5.62. The Morgan fingerprint density at radius 1 is 1.14 bits per heavy atom. The average Bonchev–Trinajstić information content (AvgIpc) is 3.45. The molecule has 0 saturated carbocycles. The first-order chi connectivity index (χ1) is 14.1. The SMILES string of the molecule is CC(C)[C@@H](NC(=O)c1ccco1)c1nc(-c2ccc(N3CCOCC3)cc2)no1. The van der Waals surface area contributed by atoms with Crippen LogP contribution in [0.1, 0.15) is 36.3 Å². The maximum Gasteiger partial charge on any atom is 0.287 e. The highest BCUT2D eigenvalue weighted by atomic mass is 16.5. The largest absolute Gasteiger partial charge is 0.459 e. The van der Waals surface area contributed by atoms with Crippen LogP contribution in [-0.2, 0) is 4.74 Å². The molecule has 152 valence electrons. The Morgan fingerprint density at radius 3 is 2.55 bits per heavy atom. The standard InChI is InChI=1S/C21H24N4O4/c1-14(2)18(22-20(26)17-4-3-11-28-17)21-23-19(24-29-21)15-5-7-16(8-6-15)25-9-12-27-13-10-25/h3-8,11,14,18H,9-10,12-13H2,1-2H3,(H,22,26)/t18-/m1/s1. The lowest BCUT2D eigenvalue weighted by Crippen LogP contribution is -2.36. The molecule has 4 rings (SSSR count). The maximum absolute atomic E-state index is 12.4. The fourth-order valence-corrected chi connectivity index (χ4v) is 3.26. The van der Waals surface area contributed by atoms with E-state index in [1.165, 1.54) is 6.26 Å². The first-order valence-electron chi connectivity index (χ1n) is 9.73. The van der Waals surface area contributed by atoms with Crippen molar-refractivity contribution in [3.05, 3.63) is 54.3 Å². The predicted molar refractivity (Wildman–Crippen MR) is 107 cm³/mol. The molecule has 29 heavy (non-hydrogen) atoms. The van der Waals surface area contributed by atoms with Crippen molar-refractivity contribution in [3.8, 4) is 11.4 Å². The summed E-state index contributed by atoms with van der Waals surface area (Å²) in [6.07, 6.45) is 1.46. The van der Waals surface area contributed by atoms with Gasteiger partial charge in [0.2, 0.25) is 11.7 Å². The first kappa shape index (κ1) is 19.2. The number of aromatic nitrogens is 2. The Bertz CT molecular complexity index is 928. The summed E-state index contributed by atoms with van der Waals surface area (Å²) >= 11 is 0. The molecule has 8 nitrogen and oxygen atoms in total. The van der Waals surface area contributed by atoms with E-state index in [1.54, 1.807) is 12.1 Å². The Morgan fingerprint density at radius 2 is 1.90 bits per heavy atom. The number of furan rings is 1. The minimum atomic E-state index is -0.415. The van der Waals surface area contributed by atoms with Crippen molar-refractivity contribution in [2.75, 3.05) is 31.2 Å². The van der Waals surface area contributed by atoms with Crippen LogP contribution in [0.3, 0.4) is 0 Å². The Labute approximate surface area is 168 Å². The summed E-state index contributed by atoms with van der Waals surface area (Å²) in [5, 5.41) is 7.01. The number of hydrogen-bond acceptors (Lipinski definition) is 7. The van der Waals surface area contributed by atoms with Crippen LogP contribution in [0.5, 0.6) is 0 Å². The fourth-order valence-electron chi connectivity index (χ4n) is 3.26. The number of amides is 1. The van der Waals surface area contributed by atoms with Gasteiger partial charge in [0.15, 0.2) is 5.76 Å². The second-order valence-corrected chi connectivity index (χ2v) is 7.27. The summed E-state index contributed by atoms with van der Waals surface area (Å²) in [4.78, 5) is 19.2. The molecule has 2 aromatic heterocycles. The Balaban J connectivity index is 1.49. The quantitative estimate of drug-likeness (QED) is 0.683. The van der Waals surface area contributed by atoms with Crippen LogP contribution in [0.4, 0.5) is 5.69 Å². The number of rotatable bonds is 6. The second kappa shape index (κ2) is 8.48. The molecule has 1 N–H and O–H groups in total. The first-order valence-corrected chi connectivity index (χ1v) is 9.73. The van der Waals surface area contributed by atoms with E-state index in [0.717, 1.165) is 37.6 Å². The fraction of sp³-hybridized carbons (Fsp3) is 0.381. The van der Waals surface area contributed by atoms with Gasteiger partial charge in [-0.05, 0) is 42.3 Å². The van der Waals surface area contributed by atoms with Crippen molar-refractivity contribution < 1.29 is 18.5 Å². The molecule has 0 unspecified atom stereocenters. The molecule has 3 heterocycles. The van der Waals surface area contributed by atoms with Crippen LogP contribution in [0.25, 0.3) is 11.4 Å². The molecule has 1 amide bonds. The molecule has 8 heteroatoms. The van der Waals surface area contributed by atoms with Gasteiger partial charge in [0.05, 0.1) is 19.5 Å². The lowest BCUT2D eigenvalue weighted by Gasteiger charge is -2.28. The van der Waals surface area contributed by atoms with Crippen LogP contribution in [-0.4, -0.2) is 42.4 Å². The highest BCUT2D eigenvalue weighted by Crippen LogP contribution is 2.26. The number of hydrogen-bond donors (Lipinski definition) is 1. The molecule has 1 aromatic carbocycles. The minimum Gasteiger partial charge on any atom is -0.459 e. The van der Waals surface area contributed by atoms with Crippen molar-refractivity contribution in [1.82, 2.24) is 15.5 Å². The van der Waals surface area contributed by atoms with E-state index in [4.69, 9.17) is 13.7 Å². The van der Waals surface area contributed by atoms with Crippen LogP contribution < -0.4 is 10.2 Å². The molecule has 1 fully saturated rings. The van der Waals surface area contributed by atoms with E-state index in [0.29, 0.717) is 11.7 Å². The number of carbonyl (C=O) groups excluding carboxylic acids is 1. The molecule has 1 atom stereocenters. The van der Waals surface area contributed by atoms with Crippen molar-refractivity contribution in [1.29, 1.82) is 0 Å². The van der Waals surface area contributed by atoms with E-state index >= 15 is 0 Å². The molecule has 0 bridgehead atoms. The average molecular weight is 396 g/mol. The molecular formula is C21H24N4O4. The zero-order valence-corrected chi connectivity index (χ0v) is 16.5. The summed E-state index contributed by atoms with van der Waals surface area (Å²) < 4.78 is 16.0. The smallest absolute Gasteiger partial charge is 0.287 e. The second-order valence-electron chi connectivity index (χ2n) is 7.27. The molecule has 0 spiro atoms. The summed E-state index contributed by atoms with van der Waals surface area (Å²) in [6, 6.07) is 10.9. The van der Waals surface area contributed by atoms with Gasteiger partial charge in [0, 0.05) is 24.3 Å². The van der Waals surface area contributed by atoms with Gasteiger partial charge in [0.25, 0.3) is 5.91 Å². The highest BCUT2D eigenvalue weighted by Gasteiger charge is 2.26. The van der Waals surface area contributed by atoms with Gasteiger partial charge in [-0.15, -0.1) is 0 Å². The number of anilines is 1. The van der Waals surface area contributed by atoms with E-state index in [1.807, 2.05) is 26.0 Å². The summed E-state index contributed by atoms with van der Waals surface area (Å²) in [7, 11) is 0. The topological polar surface area (TPSA) is 93.6 Å². The van der Waals surface area contributed by atoms with Gasteiger partial charge in [-0.3, -0.25) is 4.79 Å². The Hall–Kier alpha value is -3.13. The summed E-state index contributed by atoms with van der Waals surface area (Å²) in [5.74, 6) is 0.849. The van der Waals surface area contributed by atoms with Gasteiger partial charge < -0.3 is 23.9 Å². The lowest BCUT2D eigenvalue weighted by molar-refractivity contribution is 0.0885. The number of morpholine rings is 1. The van der Waals surface area contributed by atoms with E-state index in [9.17, 15) is 4.79 Å². The van der Waals surface area contributed by atoms with Crippen LogP contribution in [0.15, 0.2) is 51.6 Å². The third-order valence-corrected chi connectivity index (χ3v) is 4.91. The van der Waals surface area contributed by atoms with Crippen LogP contribution in [0.2, 0.25) is 0 Å². The maximum atomic E-state index is 12.4. The van der Waals surface area contributed by atoms with Gasteiger partial charge in [-0.2, -0.15) is 4.98 Å². The van der Waals surface area contributed by atoms with Gasteiger partial charge in [-0.25, -0.2) is 0 Å². The van der Waals surface area contributed by atoms with Crippen LogP contribution >= 0.6 is 0 Å². The van der Waals surface area contributed by atoms with Gasteiger partial charge >= 0.3 is 0 Å². The molecule has 1 saturated heterocycles. The van der Waals surface area contributed by atoms with Crippen LogP contribution in [0, 0.1) is 5.92 Å². The number of nitrogens with one attached hydrogen (secondary N) is 1. The van der Waals surface area contributed by atoms with E-state index in [2.05, 4.69) is 32.5 Å². The molecule has 1 aliphatic rings. The van der Waals surface area contributed by atoms with E-state index in [-0.39, 0.29) is 17.6 Å². The number of nitrogens with zero attached hydrogens (tertiary/aromatic N) is 3. The molecule has 0 radical (unpaired) electrons. The van der Waals surface area contributed by atoms with Crippen molar-refractivity contribution in [2.45, 2.75) is 19.9 Å². The van der Waals surface area contributed by atoms with Gasteiger partial charge in [-0.1, -0.05) is 19.0 Å². The monoisotopic (exact) mass is 396 g/mol. The van der Waals surface area contributed by atoms with Crippen molar-refractivity contribution in [3.63, 3.8) is 0 Å². The minimum absolute atomic E-state index is 0.0610. The summed E-state index contributed by atoms with van der Waals surface area (Å²) in [5.41, 5.74) is 2.00. The number of ether oxygens (including phenoxy) is 1. The lowest BCUT2D eigenvalue weighted by atomic mass is 10.0. The molecule has 1 aliphatic heterocycles. The molecular weight excluding hydrogens is 372 g/mol. The highest BCUT2D eigenvalue weighted by molar-refractivity contribution is 5.91. The number of carbonyl (C=O) groups is 1. The van der Waals surface area contributed by atoms with E-state index < -0.39 is 6.04 Å².